The quantitative estimate of drug-likeness (QED) is 0.781. The van der Waals surface area contributed by atoms with Crippen LogP contribution < -0.4 is 0 Å². The number of benzene rings is 1. The van der Waals surface area contributed by atoms with Crippen LogP contribution in [0.15, 0.2) is 41.1 Å². The van der Waals surface area contributed by atoms with Crippen molar-refractivity contribution >= 4 is 11.6 Å². The molecule has 3 aromatic rings. The minimum atomic E-state index is 0.00993. The Morgan fingerprint density at radius 3 is 2.85 bits per heavy atom. The Labute approximate surface area is 119 Å². The SMILES string of the molecule is Cc1cccnc1-c1noc(-c2ccc(O)c(Cl)c2)n1. The molecule has 0 atom stereocenters. The van der Waals surface area contributed by atoms with Crippen LogP contribution in [0.3, 0.4) is 0 Å². The van der Waals surface area contributed by atoms with E-state index in [9.17, 15) is 5.11 Å². The number of phenols is 1. The Hall–Kier alpha value is -2.40. The Kier molecular flexibility index (Phi) is 3.12. The fourth-order valence-electron chi connectivity index (χ4n) is 1.80. The molecular weight excluding hydrogens is 278 g/mol. The summed E-state index contributed by atoms with van der Waals surface area (Å²) in [6.07, 6.45) is 1.68. The van der Waals surface area contributed by atoms with Gasteiger partial charge in [0, 0.05) is 11.8 Å². The van der Waals surface area contributed by atoms with E-state index in [2.05, 4.69) is 15.1 Å². The third-order valence-electron chi connectivity index (χ3n) is 2.84. The van der Waals surface area contributed by atoms with Gasteiger partial charge in [-0.1, -0.05) is 22.8 Å². The molecule has 3 rings (SSSR count). The van der Waals surface area contributed by atoms with Crippen molar-refractivity contribution in [3.8, 4) is 28.7 Å². The van der Waals surface area contributed by atoms with Gasteiger partial charge in [-0.05, 0) is 36.8 Å². The lowest BCUT2D eigenvalue weighted by molar-refractivity contribution is 0.432. The van der Waals surface area contributed by atoms with E-state index in [4.69, 9.17) is 16.1 Å². The zero-order valence-electron chi connectivity index (χ0n) is 10.5. The van der Waals surface area contributed by atoms with E-state index in [1.165, 1.54) is 6.07 Å². The molecule has 2 heterocycles. The van der Waals surface area contributed by atoms with E-state index in [-0.39, 0.29) is 10.8 Å². The van der Waals surface area contributed by atoms with Crippen molar-refractivity contribution in [3.05, 3.63) is 47.1 Å². The van der Waals surface area contributed by atoms with Crippen molar-refractivity contribution in [1.29, 1.82) is 0 Å². The van der Waals surface area contributed by atoms with Gasteiger partial charge in [0.15, 0.2) is 0 Å². The van der Waals surface area contributed by atoms with Crippen molar-refractivity contribution in [1.82, 2.24) is 15.1 Å². The summed E-state index contributed by atoms with van der Waals surface area (Å²) in [6, 6.07) is 8.48. The van der Waals surface area contributed by atoms with E-state index in [1.54, 1.807) is 18.3 Å². The van der Waals surface area contributed by atoms with E-state index in [0.29, 0.717) is 23.0 Å². The van der Waals surface area contributed by atoms with Gasteiger partial charge in [-0.2, -0.15) is 4.98 Å². The molecule has 5 nitrogen and oxygen atoms in total. The van der Waals surface area contributed by atoms with Crippen molar-refractivity contribution < 1.29 is 9.63 Å². The second-order valence-corrected chi connectivity index (χ2v) is 4.67. The average molecular weight is 288 g/mol. The summed E-state index contributed by atoms with van der Waals surface area (Å²) in [6.45, 7) is 1.93. The second kappa shape index (κ2) is 4.94. The maximum Gasteiger partial charge on any atom is 0.258 e. The molecule has 0 bridgehead atoms. The minimum absolute atomic E-state index is 0.00993. The molecule has 20 heavy (non-hydrogen) atoms. The number of rotatable bonds is 2. The van der Waals surface area contributed by atoms with Gasteiger partial charge in [-0.15, -0.1) is 0 Å². The lowest BCUT2D eigenvalue weighted by atomic mass is 10.2. The molecule has 0 aliphatic heterocycles. The molecule has 0 unspecified atom stereocenters. The van der Waals surface area contributed by atoms with E-state index >= 15 is 0 Å². The number of halogens is 1. The number of aromatic hydroxyl groups is 1. The average Bonchev–Trinajstić information content (AvgIpc) is 2.92. The number of pyridine rings is 1. The van der Waals surface area contributed by atoms with E-state index < -0.39 is 0 Å². The van der Waals surface area contributed by atoms with Crippen molar-refractivity contribution in [2.24, 2.45) is 0 Å². The molecule has 0 spiro atoms. The lowest BCUT2D eigenvalue weighted by Gasteiger charge is -1.98. The molecule has 6 heteroatoms. The summed E-state index contributed by atoms with van der Waals surface area (Å²) in [7, 11) is 0. The zero-order valence-corrected chi connectivity index (χ0v) is 11.3. The maximum atomic E-state index is 9.40. The Balaban J connectivity index is 2.02. The number of nitrogens with zero attached hydrogens (tertiary/aromatic N) is 3. The van der Waals surface area contributed by atoms with E-state index in [1.807, 2.05) is 19.1 Å². The van der Waals surface area contributed by atoms with E-state index in [0.717, 1.165) is 5.56 Å². The van der Waals surface area contributed by atoms with Crippen LogP contribution in [0.1, 0.15) is 5.56 Å². The minimum Gasteiger partial charge on any atom is -0.506 e. The van der Waals surface area contributed by atoms with Crippen LogP contribution in [0.25, 0.3) is 23.0 Å². The summed E-state index contributed by atoms with van der Waals surface area (Å²) in [5.41, 5.74) is 2.27. The topological polar surface area (TPSA) is 72.0 Å². The fourth-order valence-corrected chi connectivity index (χ4v) is 1.98. The fraction of sp³-hybridized carbons (Fsp3) is 0.0714. The van der Waals surface area contributed by atoms with Gasteiger partial charge in [0.2, 0.25) is 5.82 Å². The summed E-state index contributed by atoms with van der Waals surface area (Å²) >= 11 is 5.86. The van der Waals surface area contributed by atoms with Gasteiger partial charge in [-0.25, -0.2) is 0 Å². The van der Waals surface area contributed by atoms with Gasteiger partial charge in [0.1, 0.15) is 11.4 Å². The second-order valence-electron chi connectivity index (χ2n) is 4.26. The summed E-state index contributed by atoms with van der Waals surface area (Å²) in [5, 5.41) is 13.6. The maximum absolute atomic E-state index is 9.40. The third-order valence-corrected chi connectivity index (χ3v) is 3.14. The predicted molar refractivity (Wildman–Crippen MR) is 74.4 cm³/mol. The van der Waals surface area contributed by atoms with Crippen LogP contribution in [0, 0.1) is 6.92 Å². The van der Waals surface area contributed by atoms with Crippen molar-refractivity contribution in [2.75, 3.05) is 0 Å². The first-order valence-corrected chi connectivity index (χ1v) is 6.27. The van der Waals surface area contributed by atoms with Crippen LogP contribution in [-0.4, -0.2) is 20.2 Å². The predicted octanol–water partition coefficient (Wildman–Crippen LogP) is 3.47. The first-order valence-electron chi connectivity index (χ1n) is 5.90. The monoisotopic (exact) mass is 287 g/mol. The third kappa shape index (κ3) is 2.23. The van der Waals surface area contributed by atoms with Crippen LogP contribution in [0.5, 0.6) is 5.75 Å². The van der Waals surface area contributed by atoms with Gasteiger partial charge in [0.25, 0.3) is 5.89 Å². The highest BCUT2D eigenvalue weighted by Crippen LogP contribution is 2.29. The smallest absolute Gasteiger partial charge is 0.258 e. The first-order chi connectivity index (χ1) is 9.65. The molecule has 0 saturated heterocycles. The molecule has 0 saturated carbocycles. The molecule has 0 radical (unpaired) electrons. The zero-order chi connectivity index (χ0) is 14.1. The summed E-state index contributed by atoms with van der Waals surface area (Å²) in [5.74, 6) is 0.755. The summed E-state index contributed by atoms with van der Waals surface area (Å²) < 4.78 is 5.21. The standard InChI is InChI=1S/C14H10ClN3O2/c1-8-3-2-6-16-12(8)13-17-14(20-18-13)9-4-5-11(19)10(15)7-9/h2-7,19H,1H3. The molecule has 1 aromatic carbocycles. The van der Waals surface area contributed by atoms with Crippen molar-refractivity contribution in [2.45, 2.75) is 6.92 Å². The normalized spacial score (nSPS) is 10.7. The molecule has 100 valence electrons. The Morgan fingerprint density at radius 1 is 1.25 bits per heavy atom. The van der Waals surface area contributed by atoms with Crippen molar-refractivity contribution in [3.63, 3.8) is 0 Å². The largest absolute Gasteiger partial charge is 0.506 e. The van der Waals surface area contributed by atoms with Gasteiger partial charge in [0.05, 0.1) is 5.02 Å². The molecule has 2 aromatic heterocycles. The van der Waals surface area contributed by atoms with Gasteiger partial charge < -0.3 is 9.63 Å². The molecule has 0 aliphatic carbocycles. The number of phenolic OH excluding ortho intramolecular Hbond substituents is 1. The van der Waals surface area contributed by atoms with Crippen LogP contribution >= 0.6 is 11.6 Å². The lowest BCUT2D eigenvalue weighted by Crippen LogP contribution is -1.89. The van der Waals surface area contributed by atoms with Gasteiger partial charge >= 0.3 is 0 Å². The molecular formula is C14H10ClN3O2. The van der Waals surface area contributed by atoms with Crippen LogP contribution in [-0.2, 0) is 0 Å². The van der Waals surface area contributed by atoms with Crippen LogP contribution in [0.2, 0.25) is 5.02 Å². The number of aromatic nitrogens is 3. The highest BCUT2D eigenvalue weighted by molar-refractivity contribution is 6.32. The highest BCUT2D eigenvalue weighted by atomic mass is 35.5. The first kappa shape index (κ1) is 12.6. The van der Waals surface area contributed by atoms with Crippen LogP contribution in [0.4, 0.5) is 0 Å². The summed E-state index contributed by atoms with van der Waals surface area (Å²) in [4.78, 5) is 8.54. The number of hydrogen-bond donors (Lipinski definition) is 1. The molecule has 1 N–H and O–H groups in total. The Morgan fingerprint density at radius 2 is 2.10 bits per heavy atom. The molecule has 0 aliphatic rings. The number of aryl methyl sites for hydroxylation is 1. The Bertz CT molecular complexity index is 771. The van der Waals surface area contributed by atoms with Gasteiger partial charge in [-0.3, -0.25) is 4.98 Å². The molecule has 0 fully saturated rings. The highest BCUT2D eigenvalue weighted by Gasteiger charge is 2.14. The number of hydrogen-bond acceptors (Lipinski definition) is 5. The molecule has 0 amide bonds.